The Morgan fingerprint density at radius 1 is 0.935 bits per heavy atom. The van der Waals surface area contributed by atoms with Gasteiger partial charge in [0.2, 0.25) is 5.91 Å². The molecule has 1 heterocycles. The Morgan fingerprint density at radius 3 is 2.13 bits per heavy atom. The molecule has 31 heavy (non-hydrogen) atoms. The van der Waals surface area contributed by atoms with E-state index in [9.17, 15) is 4.79 Å². The van der Waals surface area contributed by atoms with Crippen LogP contribution >= 0.6 is 0 Å². The van der Waals surface area contributed by atoms with Crippen LogP contribution in [-0.2, 0) is 11.3 Å². The minimum Gasteiger partial charge on any atom is -0.497 e. The van der Waals surface area contributed by atoms with Gasteiger partial charge in [-0.15, -0.1) is 5.10 Å². The molecule has 0 aliphatic rings. The van der Waals surface area contributed by atoms with Crippen molar-refractivity contribution in [1.82, 2.24) is 25.5 Å². The first-order chi connectivity index (χ1) is 15.2. The van der Waals surface area contributed by atoms with Crippen molar-refractivity contribution in [2.75, 3.05) is 7.11 Å². The van der Waals surface area contributed by atoms with E-state index in [0.29, 0.717) is 12.2 Å². The van der Waals surface area contributed by atoms with Crippen molar-refractivity contribution in [2.45, 2.75) is 18.9 Å². The standard InChI is InChI=1S/C24H23N5O2/c1-31-21-14-12-20(13-15-21)29-23(26-27-28-29)17-25-24(30)16-22(18-8-4-2-5-9-18)19-10-6-3-7-11-19/h2-15,22H,16-17H2,1H3,(H,25,30). The molecule has 1 amide bonds. The second-order valence-corrected chi connectivity index (χ2v) is 7.06. The van der Waals surface area contributed by atoms with Gasteiger partial charge < -0.3 is 10.1 Å². The number of aromatic nitrogens is 4. The van der Waals surface area contributed by atoms with Gasteiger partial charge in [-0.3, -0.25) is 4.79 Å². The fraction of sp³-hybridized carbons (Fsp3) is 0.167. The van der Waals surface area contributed by atoms with E-state index in [-0.39, 0.29) is 18.4 Å². The Morgan fingerprint density at radius 2 is 1.55 bits per heavy atom. The summed E-state index contributed by atoms with van der Waals surface area (Å²) in [6, 6.07) is 27.5. The van der Waals surface area contributed by atoms with Crippen molar-refractivity contribution in [3.8, 4) is 11.4 Å². The Bertz CT molecular complexity index is 1070. The fourth-order valence-electron chi connectivity index (χ4n) is 3.47. The lowest BCUT2D eigenvalue weighted by atomic mass is 9.88. The molecule has 0 saturated carbocycles. The van der Waals surface area contributed by atoms with Gasteiger partial charge in [0.15, 0.2) is 5.82 Å². The van der Waals surface area contributed by atoms with Crippen LogP contribution in [0.5, 0.6) is 5.75 Å². The molecule has 7 heteroatoms. The number of nitrogens with zero attached hydrogens (tertiary/aromatic N) is 4. The van der Waals surface area contributed by atoms with Crippen LogP contribution in [0.15, 0.2) is 84.9 Å². The molecule has 4 aromatic rings. The van der Waals surface area contributed by atoms with Gasteiger partial charge >= 0.3 is 0 Å². The molecule has 0 radical (unpaired) electrons. The summed E-state index contributed by atoms with van der Waals surface area (Å²) in [5.74, 6) is 1.20. The molecular formula is C24H23N5O2. The minimum atomic E-state index is -0.0676. The fourth-order valence-corrected chi connectivity index (χ4v) is 3.47. The maximum atomic E-state index is 12.8. The Hall–Kier alpha value is -4.00. The quantitative estimate of drug-likeness (QED) is 0.478. The molecule has 0 spiro atoms. The molecule has 0 atom stereocenters. The number of benzene rings is 3. The van der Waals surface area contributed by atoms with Crippen molar-refractivity contribution in [1.29, 1.82) is 0 Å². The number of tetrazole rings is 1. The van der Waals surface area contributed by atoms with Gasteiger partial charge in [0.1, 0.15) is 5.75 Å². The number of hydrogen-bond acceptors (Lipinski definition) is 5. The number of hydrogen-bond donors (Lipinski definition) is 1. The molecule has 0 saturated heterocycles. The number of carbonyl (C=O) groups excluding carboxylic acids is 1. The van der Waals surface area contributed by atoms with Crippen molar-refractivity contribution in [3.63, 3.8) is 0 Å². The van der Waals surface area contributed by atoms with Crippen LogP contribution in [0.4, 0.5) is 0 Å². The van der Waals surface area contributed by atoms with E-state index in [1.165, 1.54) is 0 Å². The lowest BCUT2D eigenvalue weighted by Crippen LogP contribution is -2.26. The number of nitrogens with one attached hydrogen (secondary N) is 1. The van der Waals surface area contributed by atoms with E-state index in [1.807, 2.05) is 60.7 Å². The van der Waals surface area contributed by atoms with Crippen molar-refractivity contribution in [3.05, 3.63) is 102 Å². The van der Waals surface area contributed by atoms with E-state index >= 15 is 0 Å². The smallest absolute Gasteiger partial charge is 0.221 e. The molecular weight excluding hydrogens is 390 g/mol. The first-order valence-electron chi connectivity index (χ1n) is 10.0. The van der Waals surface area contributed by atoms with Crippen molar-refractivity contribution >= 4 is 5.91 Å². The van der Waals surface area contributed by atoms with Crippen LogP contribution in [0.25, 0.3) is 5.69 Å². The largest absolute Gasteiger partial charge is 0.497 e. The Labute approximate surface area is 180 Å². The zero-order chi connectivity index (χ0) is 21.5. The molecule has 0 aliphatic heterocycles. The van der Waals surface area contributed by atoms with Crippen LogP contribution in [0.2, 0.25) is 0 Å². The van der Waals surface area contributed by atoms with Gasteiger partial charge in [-0.05, 0) is 45.8 Å². The van der Waals surface area contributed by atoms with E-state index in [0.717, 1.165) is 22.6 Å². The van der Waals surface area contributed by atoms with Gasteiger partial charge in [0.05, 0.1) is 19.3 Å². The zero-order valence-electron chi connectivity index (χ0n) is 17.2. The van der Waals surface area contributed by atoms with Crippen LogP contribution in [0.3, 0.4) is 0 Å². The molecule has 1 aromatic heterocycles. The Balaban J connectivity index is 1.45. The molecule has 0 fully saturated rings. The average molecular weight is 413 g/mol. The van der Waals surface area contributed by atoms with Crippen molar-refractivity contribution < 1.29 is 9.53 Å². The maximum Gasteiger partial charge on any atom is 0.221 e. The second kappa shape index (κ2) is 9.67. The summed E-state index contributed by atoms with van der Waals surface area (Å²) < 4.78 is 6.79. The minimum absolute atomic E-state index is 0.0278. The summed E-state index contributed by atoms with van der Waals surface area (Å²) in [7, 11) is 1.62. The van der Waals surface area contributed by atoms with Crippen molar-refractivity contribution in [2.24, 2.45) is 0 Å². The summed E-state index contributed by atoms with van der Waals surface area (Å²) in [4.78, 5) is 12.8. The summed E-state index contributed by atoms with van der Waals surface area (Å²) in [6.07, 6.45) is 0.331. The van der Waals surface area contributed by atoms with Crippen LogP contribution < -0.4 is 10.1 Å². The number of rotatable bonds is 8. The number of carbonyl (C=O) groups is 1. The molecule has 3 aromatic carbocycles. The molecule has 4 rings (SSSR count). The van der Waals surface area contributed by atoms with Gasteiger partial charge in [0.25, 0.3) is 0 Å². The highest BCUT2D eigenvalue weighted by Gasteiger charge is 2.19. The lowest BCUT2D eigenvalue weighted by molar-refractivity contribution is -0.121. The molecule has 156 valence electrons. The highest BCUT2D eigenvalue weighted by atomic mass is 16.5. The van der Waals surface area contributed by atoms with Gasteiger partial charge in [0, 0.05) is 12.3 Å². The summed E-state index contributed by atoms with van der Waals surface area (Å²) in [5.41, 5.74) is 3.00. The molecule has 0 aliphatic carbocycles. The second-order valence-electron chi connectivity index (χ2n) is 7.06. The molecule has 7 nitrogen and oxygen atoms in total. The third-order valence-corrected chi connectivity index (χ3v) is 5.09. The van der Waals surface area contributed by atoms with Crippen LogP contribution in [0, 0.1) is 0 Å². The summed E-state index contributed by atoms with van der Waals surface area (Å²) in [6.45, 7) is 0.230. The highest BCUT2D eigenvalue weighted by molar-refractivity contribution is 5.77. The normalized spacial score (nSPS) is 10.8. The Kier molecular flexibility index (Phi) is 6.32. The van der Waals surface area contributed by atoms with Gasteiger partial charge in [-0.25, -0.2) is 0 Å². The number of amides is 1. The van der Waals surface area contributed by atoms with Crippen LogP contribution in [-0.4, -0.2) is 33.2 Å². The summed E-state index contributed by atoms with van der Waals surface area (Å²) >= 11 is 0. The van der Waals surface area contributed by atoms with E-state index in [1.54, 1.807) is 11.8 Å². The third kappa shape index (κ3) is 4.95. The highest BCUT2D eigenvalue weighted by Crippen LogP contribution is 2.27. The predicted molar refractivity (Wildman–Crippen MR) is 117 cm³/mol. The number of methoxy groups -OCH3 is 1. The monoisotopic (exact) mass is 413 g/mol. The first kappa shape index (κ1) is 20.3. The van der Waals surface area contributed by atoms with E-state index < -0.39 is 0 Å². The average Bonchev–Trinajstić information content (AvgIpc) is 3.31. The topological polar surface area (TPSA) is 81.9 Å². The molecule has 0 bridgehead atoms. The predicted octanol–water partition coefficient (Wildman–Crippen LogP) is 3.51. The maximum absolute atomic E-state index is 12.8. The molecule has 1 N–H and O–H groups in total. The van der Waals surface area contributed by atoms with E-state index in [4.69, 9.17) is 4.74 Å². The zero-order valence-corrected chi connectivity index (χ0v) is 17.2. The SMILES string of the molecule is COc1ccc(-n2nnnc2CNC(=O)CC(c2ccccc2)c2ccccc2)cc1. The van der Waals surface area contributed by atoms with Gasteiger partial charge in [-0.1, -0.05) is 60.7 Å². The van der Waals surface area contributed by atoms with E-state index in [2.05, 4.69) is 45.1 Å². The van der Waals surface area contributed by atoms with Gasteiger partial charge in [-0.2, -0.15) is 4.68 Å². The first-order valence-corrected chi connectivity index (χ1v) is 10.0. The van der Waals surface area contributed by atoms with Crippen LogP contribution in [0.1, 0.15) is 29.3 Å². The molecule has 0 unspecified atom stereocenters. The third-order valence-electron chi connectivity index (χ3n) is 5.09. The lowest BCUT2D eigenvalue weighted by Gasteiger charge is -2.18. The summed E-state index contributed by atoms with van der Waals surface area (Å²) in [5, 5.41) is 14.8. The number of ether oxygens (including phenoxy) is 1.